The summed E-state index contributed by atoms with van der Waals surface area (Å²) in [7, 11) is 0. The van der Waals surface area contributed by atoms with Gasteiger partial charge < -0.3 is 30.5 Å². The molecular formula is C26H31NO8. The molecule has 1 saturated heterocycles. The van der Waals surface area contributed by atoms with Gasteiger partial charge in [0.05, 0.1) is 17.6 Å². The Bertz CT molecular complexity index is 1100. The lowest BCUT2D eigenvalue weighted by Gasteiger charge is -2.39. The topological polar surface area (TPSA) is 153 Å². The molecule has 0 bridgehead atoms. The van der Waals surface area contributed by atoms with E-state index in [9.17, 15) is 34.8 Å². The summed E-state index contributed by atoms with van der Waals surface area (Å²) in [6, 6.07) is 9.33. The van der Waals surface area contributed by atoms with Crippen molar-refractivity contribution in [2.45, 2.75) is 45.9 Å². The Kier molecular flexibility index (Phi) is 7.70. The first-order chi connectivity index (χ1) is 16.4. The maximum absolute atomic E-state index is 13.4. The summed E-state index contributed by atoms with van der Waals surface area (Å²) in [5.74, 6) is -5.91. The predicted molar refractivity (Wildman–Crippen MR) is 127 cm³/mol. The van der Waals surface area contributed by atoms with E-state index < -0.39 is 53.9 Å². The molecular weight excluding hydrogens is 454 g/mol. The normalized spacial score (nSPS) is 29.8. The zero-order valence-electron chi connectivity index (χ0n) is 20.0. The molecule has 1 fully saturated rings. The van der Waals surface area contributed by atoms with Crippen LogP contribution >= 0.6 is 0 Å². The highest BCUT2D eigenvalue weighted by Gasteiger charge is 2.43. The van der Waals surface area contributed by atoms with Gasteiger partial charge >= 0.3 is 11.9 Å². The molecule has 0 saturated carbocycles. The lowest BCUT2D eigenvalue weighted by atomic mass is 9.76. The number of ketones is 1. The van der Waals surface area contributed by atoms with Crippen LogP contribution in [-0.4, -0.2) is 50.3 Å². The molecule has 1 aliphatic rings. The first kappa shape index (κ1) is 26.0. The molecule has 2 aromatic carbocycles. The molecule has 1 heterocycles. The van der Waals surface area contributed by atoms with Crippen molar-refractivity contribution in [3.8, 4) is 11.5 Å². The summed E-state index contributed by atoms with van der Waals surface area (Å²) in [6.45, 7) is 6.43. The van der Waals surface area contributed by atoms with Crippen LogP contribution in [0, 0.1) is 23.7 Å². The van der Waals surface area contributed by atoms with Gasteiger partial charge in [-0.15, -0.1) is 0 Å². The number of carboxylic acid groups (broad SMARTS) is 1. The van der Waals surface area contributed by atoms with Crippen molar-refractivity contribution >= 4 is 23.4 Å². The van der Waals surface area contributed by atoms with E-state index in [4.69, 9.17) is 4.74 Å². The largest absolute Gasteiger partial charge is 0.508 e. The fourth-order valence-electron chi connectivity index (χ4n) is 4.70. The first-order valence-corrected chi connectivity index (χ1v) is 11.5. The zero-order valence-corrected chi connectivity index (χ0v) is 20.0. The first-order valence-electron chi connectivity index (χ1n) is 11.5. The number of phenols is 2. The second kappa shape index (κ2) is 10.4. The van der Waals surface area contributed by atoms with Gasteiger partial charge in [0.1, 0.15) is 23.4 Å². The number of para-hydroxylation sites is 1. The standard InChI is InChI=1S/C26H31NO8/c1-12-21(27-20-8-6-5-7-19(20)25(32)33)13(2)24(16-9-17(28)11-18(29)10-16)35-26(34)15(4)23(31)14(3)22(12)30/h5-15,21,23-24,27-29,31H,1-4H3,(H,32,33)/t12-,13-,14-,15+,21+,23-,24?/m1/s1. The second-order valence-corrected chi connectivity index (χ2v) is 9.28. The Morgan fingerprint density at radius 3 is 2.11 bits per heavy atom. The number of aromatic carboxylic acids is 1. The summed E-state index contributed by atoms with van der Waals surface area (Å²) in [5, 5.41) is 43.6. The quantitative estimate of drug-likeness (QED) is 0.410. The number of aliphatic hydroxyl groups excluding tert-OH is 1. The Hall–Kier alpha value is -3.59. The molecule has 0 aromatic heterocycles. The number of aromatic hydroxyl groups is 2. The monoisotopic (exact) mass is 485 g/mol. The third-order valence-electron chi connectivity index (χ3n) is 6.85. The maximum atomic E-state index is 13.4. The number of cyclic esters (lactones) is 1. The van der Waals surface area contributed by atoms with Crippen molar-refractivity contribution < 1.29 is 39.5 Å². The summed E-state index contributed by atoms with van der Waals surface area (Å²) < 4.78 is 5.81. The average molecular weight is 486 g/mol. The van der Waals surface area contributed by atoms with Crippen LogP contribution in [0.25, 0.3) is 0 Å². The fourth-order valence-corrected chi connectivity index (χ4v) is 4.70. The van der Waals surface area contributed by atoms with Crippen molar-refractivity contribution in [1.82, 2.24) is 0 Å². The number of carbonyl (C=O) groups is 3. The van der Waals surface area contributed by atoms with Crippen LogP contribution in [0.15, 0.2) is 42.5 Å². The van der Waals surface area contributed by atoms with Gasteiger partial charge in [0.2, 0.25) is 0 Å². The number of aliphatic hydroxyl groups is 1. The van der Waals surface area contributed by atoms with Crippen LogP contribution in [0.5, 0.6) is 11.5 Å². The molecule has 9 nitrogen and oxygen atoms in total. The van der Waals surface area contributed by atoms with E-state index in [1.54, 1.807) is 39.0 Å². The number of hydrogen-bond acceptors (Lipinski definition) is 8. The number of ether oxygens (including phenoxy) is 1. The number of rotatable bonds is 4. The number of carbonyl (C=O) groups excluding carboxylic acids is 2. The van der Waals surface area contributed by atoms with Gasteiger partial charge in [-0.1, -0.05) is 32.9 Å². The van der Waals surface area contributed by atoms with Crippen LogP contribution < -0.4 is 5.32 Å². The smallest absolute Gasteiger partial charge is 0.337 e. The Morgan fingerprint density at radius 2 is 1.51 bits per heavy atom. The molecule has 0 spiro atoms. The van der Waals surface area contributed by atoms with Gasteiger partial charge in [-0.05, 0) is 31.2 Å². The Morgan fingerprint density at radius 1 is 0.914 bits per heavy atom. The van der Waals surface area contributed by atoms with Gasteiger partial charge in [0.15, 0.2) is 0 Å². The highest BCUT2D eigenvalue weighted by molar-refractivity contribution is 5.94. The molecule has 35 heavy (non-hydrogen) atoms. The summed E-state index contributed by atoms with van der Waals surface area (Å²) in [5.41, 5.74) is 0.567. The molecule has 0 amide bonds. The Labute approximate surface area is 203 Å². The number of benzene rings is 2. The minimum atomic E-state index is -1.30. The third-order valence-corrected chi connectivity index (χ3v) is 6.85. The maximum Gasteiger partial charge on any atom is 0.337 e. The summed E-state index contributed by atoms with van der Waals surface area (Å²) >= 11 is 0. The van der Waals surface area contributed by atoms with Crippen molar-refractivity contribution in [2.75, 3.05) is 5.32 Å². The van der Waals surface area contributed by atoms with E-state index in [1.165, 1.54) is 25.1 Å². The molecule has 9 heteroatoms. The molecule has 1 aliphatic heterocycles. The average Bonchev–Trinajstić information content (AvgIpc) is 2.81. The van der Waals surface area contributed by atoms with Crippen molar-refractivity contribution in [3.05, 3.63) is 53.6 Å². The van der Waals surface area contributed by atoms with E-state index in [-0.39, 0.29) is 34.1 Å². The minimum absolute atomic E-state index is 0.00157. The van der Waals surface area contributed by atoms with Crippen molar-refractivity contribution in [3.63, 3.8) is 0 Å². The summed E-state index contributed by atoms with van der Waals surface area (Å²) in [6.07, 6.45) is -2.33. The number of Topliss-reactive ketones (excluding diaryl/α,β-unsaturated/α-hetero) is 1. The molecule has 7 atom stereocenters. The van der Waals surface area contributed by atoms with Crippen LogP contribution in [0.2, 0.25) is 0 Å². The SMILES string of the molecule is C[C@@H]1C(=O)OC(c2cc(O)cc(O)c2)[C@H](C)[C@@H](Nc2ccccc2C(=O)O)[C@@H](C)C(=O)[C@@H](C)[C@H]1O. The number of anilines is 1. The number of hydrogen-bond donors (Lipinski definition) is 5. The minimum Gasteiger partial charge on any atom is -0.508 e. The van der Waals surface area contributed by atoms with Crippen molar-refractivity contribution in [1.29, 1.82) is 0 Å². The lowest BCUT2D eigenvalue weighted by molar-refractivity contribution is -0.164. The number of phenolic OH excluding ortho intramolecular Hbond substituents is 2. The highest BCUT2D eigenvalue weighted by atomic mass is 16.5. The highest BCUT2D eigenvalue weighted by Crippen LogP contribution is 2.39. The van der Waals surface area contributed by atoms with Gasteiger partial charge in [-0.25, -0.2) is 4.79 Å². The van der Waals surface area contributed by atoms with Gasteiger partial charge in [0, 0.05) is 41.1 Å². The van der Waals surface area contributed by atoms with Crippen molar-refractivity contribution in [2.24, 2.45) is 23.7 Å². The van der Waals surface area contributed by atoms with Gasteiger partial charge in [-0.3, -0.25) is 9.59 Å². The predicted octanol–water partition coefficient (Wildman–Crippen LogP) is 3.35. The molecule has 1 unspecified atom stereocenters. The van der Waals surface area contributed by atoms with E-state index >= 15 is 0 Å². The molecule has 0 radical (unpaired) electrons. The van der Waals surface area contributed by atoms with Crippen LogP contribution in [-0.2, 0) is 14.3 Å². The molecule has 0 aliphatic carbocycles. The van der Waals surface area contributed by atoms with E-state index in [2.05, 4.69) is 5.32 Å². The number of carboxylic acids is 1. The lowest BCUT2D eigenvalue weighted by Crippen LogP contribution is -2.48. The Balaban J connectivity index is 2.15. The van der Waals surface area contributed by atoms with Crippen LogP contribution in [0.4, 0.5) is 5.69 Å². The fraction of sp³-hybridized carbons (Fsp3) is 0.423. The third kappa shape index (κ3) is 5.40. The van der Waals surface area contributed by atoms with Crippen LogP contribution in [0.3, 0.4) is 0 Å². The van der Waals surface area contributed by atoms with Gasteiger partial charge in [-0.2, -0.15) is 0 Å². The van der Waals surface area contributed by atoms with Gasteiger partial charge in [0.25, 0.3) is 0 Å². The zero-order chi connectivity index (χ0) is 26.0. The molecule has 5 N–H and O–H groups in total. The number of esters is 1. The molecule has 2 aromatic rings. The van der Waals surface area contributed by atoms with E-state index in [0.29, 0.717) is 0 Å². The molecule has 3 rings (SSSR count). The second-order valence-electron chi connectivity index (χ2n) is 9.28. The van der Waals surface area contributed by atoms with E-state index in [0.717, 1.165) is 6.07 Å². The summed E-state index contributed by atoms with van der Waals surface area (Å²) in [4.78, 5) is 38.1. The molecule has 188 valence electrons. The van der Waals surface area contributed by atoms with E-state index in [1.807, 2.05) is 0 Å². The number of nitrogens with one attached hydrogen (secondary N) is 1. The van der Waals surface area contributed by atoms with Crippen LogP contribution in [0.1, 0.15) is 49.7 Å².